The number of hydrogen-bond acceptors (Lipinski definition) is 5. The van der Waals surface area contributed by atoms with Gasteiger partial charge in [-0.2, -0.15) is 0 Å². The topological polar surface area (TPSA) is 97.4 Å². The summed E-state index contributed by atoms with van der Waals surface area (Å²) in [6, 6.07) is 17.6. The highest BCUT2D eigenvalue weighted by Crippen LogP contribution is 2.23. The molecule has 0 unspecified atom stereocenters. The number of nitrogens with zero attached hydrogens (tertiary/aromatic N) is 1. The highest BCUT2D eigenvalue weighted by molar-refractivity contribution is 7.89. The van der Waals surface area contributed by atoms with E-state index in [-0.39, 0.29) is 17.3 Å². The van der Waals surface area contributed by atoms with Crippen molar-refractivity contribution in [3.63, 3.8) is 0 Å². The summed E-state index contributed by atoms with van der Waals surface area (Å²) in [5, 5.41) is 2.71. The third-order valence-electron chi connectivity index (χ3n) is 4.42. The second-order valence-corrected chi connectivity index (χ2v) is 8.41. The molecule has 0 atom stereocenters. The van der Waals surface area contributed by atoms with Gasteiger partial charge in [0.25, 0.3) is 0 Å². The smallest absolute Gasteiger partial charge is 0.240 e. The number of ether oxygens (including phenoxy) is 1. The van der Waals surface area contributed by atoms with Gasteiger partial charge < -0.3 is 10.1 Å². The van der Waals surface area contributed by atoms with E-state index in [2.05, 4.69) is 15.0 Å². The Kier molecular flexibility index (Phi) is 6.81. The molecule has 3 rings (SSSR count). The fraction of sp³-hybridized carbons (Fsp3) is 0.182. The monoisotopic (exact) mass is 425 g/mol. The highest BCUT2D eigenvalue weighted by Gasteiger charge is 2.13. The average molecular weight is 426 g/mol. The van der Waals surface area contributed by atoms with Crippen LogP contribution in [-0.2, 0) is 21.2 Å². The number of carbonyl (C=O) groups is 1. The van der Waals surface area contributed by atoms with Crippen molar-refractivity contribution in [3.8, 4) is 17.0 Å². The standard InChI is InChI=1S/C22H23N3O4S/c1-16(26)25-20-8-4-18(5-9-20)19-6-10-21(11-7-19)30(27,28)24-14-13-17-3-12-22(29-2)23-15-17/h3-12,15,24H,13-14H2,1-2H3,(H,25,26). The number of pyridine rings is 1. The molecule has 1 amide bonds. The molecule has 7 nitrogen and oxygen atoms in total. The number of aromatic nitrogens is 1. The van der Waals surface area contributed by atoms with Gasteiger partial charge >= 0.3 is 0 Å². The van der Waals surface area contributed by atoms with Crippen molar-refractivity contribution in [1.29, 1.82) is 0 Å². The van der Waals surface area contributed by atoms with Gasteiger partial charge in [-0.25, -0.2) is 18.1 Å². The van der Waals surface area contributed by atoms with Gasteiger partial charge in [-0.1, -0.05) is 30.3 Å². The first kappa shape index (κ1) is 21.5. The second kappa shape index (κ2) is 9.51. The summed E-state index contributed by atoms with van der Waals surface area (Å²) in [5.41, 5.74) is 3.43. The minimum absolute atomic E-state index is 0.131. The van der Waals surface area contributed by atoms with Crippen molar-refractivity contribution < 1.29 is 17.9 Å². The van der Waals surface area contributed by atoms with E-state index >= 15 is 0 Å². The van der Waals surface area contributed by atoms with Crippen molar-refractivity contribution in [2.75, 3.05) is 19.0 Å². The lowest BCUT2D eigenvalue weighted by atomic mass is 10.1. The Morgan fingerprint density at radius 3 is 2.13 bits per heavy atom. The zero-order chi connectivity index (χ0) is 21.6. The molecule has 2 N–H and O–H groups in total. The molecule has 2 aromatic carbocycles. The van der Waals surface area contributed by atoms with Gasteiger partial charge in [0.05, 0.1) is 12.0 Å². The summed E-state index contributed by atoms with van der Waals surface area (Å²) in [5.74, 6) is 0.386. The van der Waals surface area contributed by atoms with Gasteiger partial charge in [0.2, 0.25) is 21.8 Å². The minimum Gasteiger partial charge on any atom is -0.481 e. The lowest BCUT2D eigenvalue weighted by molar-refractivity contribution is -0.114. The molecule has 30 heavy (non-hydrogen) atoms. The van der Waals surface area contributed by atoms with Crippen LogP contribution in [-0.4, -0.2) is 33.0 Å². The third-order valence-corrected chi connectivity index (χ3v) is 5.89. The first-order valence-electron chi connectivity index (χ1n) is 9.34. The number of benzene rings is 2. The highest BCUT2D eigenvalue weighted by atomic mass is 32.2. The Hall–Kier alpha value is -3.23. The Balaban J connectivity index is 1.61. The molecule has 156 valence electrons. The largest absolute Gasteiger partial charge is 0.481 e. The second-order valence-electron chi connectivity index (χ2n) is 6.64. The molecule has 8 heteroatoms. The van der Waals surface area contributed by atoms with Gasteiger partial charge in [0.1, 0.15) is 0 Å². The van der Waals surface area contributed by atoms with Crippen LogP contribution in [0.5, 0.6) is 5.88 Å². The minimum atomic E-state index is -3.60. The van der Waals surface area contributed by atoms with Gasteiger partial charge in [-0.05, 0) is 47.4 Å². The lowest BCUT2D eigenvalue weighted by Gasteiger charge is -2.09. The van der Waals surface area contributed by atoms with E-state index in [0.717, 1.165) is 16.7 Å². The number of rotatable bonds is 8. The summed E-state index contributed by atoms with van der Waals surface area (Å²) < 4.78 is 32.7. The number of nitrogens with one attached hydrogen (secondary N) is 2. The Labute approximate surface area is 176 Å². The molecule has 0 radical (unpaired) electrons. The van der Waals surface area contributed by atoms with Gasteiger partial charge in [-0.15, -0.1) is 0 Å². The quantitative estimate of drug-likeness (QED) is 0.577. The first-order chi connectivity index (χ1) is 14.4. The number of carbonyl (C=O) groups excluding carboxylic acids is 1. The van der Waals surface area contributed by atoms with Crippen LogP contribution in [0, 0.1) is 0 Å². The molecular formula is C22H23N3O4S. The van der Waals surface area contributed by atoms with E-state index in [1.165, 1.54) is 6.92 Å². The van der Waals surface area contributed by atoms with Crippen LogP contribution < -0.4 is 14.8 Å². The van der Waals surface area contributed by atoms with Gasteiger partial charge in [0, 0.05) is 31.4 Å². The molecule has 0 saturated carbocycles. The molecule has 0 spiro atoms. The number of amides is 1. The fourth-order valence-electron chi connectivity index (χ4n) is 2.87. The number of methoxy groups -OCH3 is 1. The molecule has 1 aromatic heterocycles. The number of anilines is 1. The number of sulfonamides is 1. The zero-order valence-corrected chi connectivity index (χ0v) is 17.6. The van der Waals surface area contributed by atoms with Gasteiger partial charge in [-0.3, -0.25) is 4.79 Å². The number of hydrogen-bond donors (Lipinski definition) is 2. The Morgan fingerprint density at radius 2 is 1.60 bits per heavy atom. The van der Waals surface area contributed by atoms with E-state index in [0.29, 0.717) is 18.0 Å². The molecule has 3 aromatic rings. The van der Waals surface area contributed by atoms with E-state index in [9.17, 15) is 13.2 Å². The molecule has 0 aliphatic heterocycles. The lowest BCUT2D eigenvalue weighted by Crippen LogP contribution is -2.26. The van der Waals surface area contributed by atoms with E-state index in [1.54, 1.807) is 55.8 Å². The predicted molar refractivity (Wildman–Crippen MR) is 116 cm³/mol. The van der Waals surface area contributed by atoms with Crippen LogP contribution in [0.1, 0.15) is 12.5 Å². The summed E-state index contributed by atoms with van der Waals surface area (Å²) >= 11 is 0. The van der Waals surface area contributed by atoms with E-state index in [1.807, 2.05) is 18.2 Å². The molecule has 0 saturated heterocycles. The molecule has 0 aliphatic carbocycles. The molecular weight excluding hydrogens is 402 g/mol. The van der Waals surface area contributed by atoms with Crippen molar-refractivity contribution in [2.24, 2.45) is 0 Å². The fourth-order valence-corrected chi connectivity index (χ4v) is 3.90. The summed E-state index contributed by atoms with van der Waals surface area (Å²) in [6.07, 6.45) is 2.19. The predicted octanol–water partition coefficient (Wildman–Crippen LogP) is 3.24. The van der Waals surface area contributed by atoms with Crippen LogP contribution in [0.15, 0.2) is 71.8 Å². The Morgan fingerprint density at radius 1 is 0.967 bits per heavy atom. The summed E-state index contributed by atoms with van der Waals surface area (Å²) in [7, 11) is -2.06. The van der Waals surface area contributed by atoms with E-state index in [4.69, 9.17) is 4.74 Å². The van der Waals surface area contributed by atoms with Crippen LogP contribution in [0.25, 0.3) is 11.1 Å². The summed E-state index contributed by atoms with van der Waals surface area (Å²) in [6.45, 7) is 1.72. The average Bonchev–Trinajstić information content (AvgIpc) is 2.74. The first-order valence-corrected chi connectivity index (χ1v) is 10.8. The SMILES string of the molecule is COc1ccc(CCNS(=O)(=O)c2ccc(-c3ccc(NC(C)=O)cc3)cc2)cn1. The van der Waals surface area contributed by atoms with Crippen molar-refractivity contribution in [2.45, 2.75) is 18.2 Å². The molecule has 1 heterocycles. The van der Waals surface area contributed by atoms with E-state index < -0.39 is 10.0 Å². The maximum atomic E-state index is 12.5. The Bertz CT molecular complexity index is 1090. The zero-order valence-electron chi connectivity index (χ0n) is 16.8. The van der Waals surface area contributed by atoms with Crippen molar-refractivity contribution in [1.82, 2.24) is 9.71 Å². The normalized spacial score (nSPS) is 11.1. The van der Waals surface area contributed by atoms with Crippen LogP contribution in [0.4, 0.5) is 5.69 Å². The summed E-state index contributed by atoms with van der Waals surface area (Å²) in [4.78, 5) is 15.4. The van der Waals surface area contributed by atoms with Crippen LogP contribution >= 0.6 is 0 Å². The maximum Gasteiger partial charge on any atom is 0.240 e. The van der Waals surface area contributed by atoms with Gasteiger partial charge in [0.15, 0.2) is 0 Å². The maximum absolute atomic E-state index is 12.5. The molecule has 0 aliphatic rings. The van der Waals surface area contributed by atoms with Crippen LogP contribution in [0.2, 0.25) is 0 Å². The van der Waals surface area contributed by atoms with Crippen molar-refractivity contribution in [3.05, 3.63) is 72.4 Å². The third kappa shape index (κ3) is 5.65. The van der Waals surface area contributed by atoms with Crippen molar-refractivity contribution >= 4 is 21.6 Å². The molecule has 0 fully saturated rings. The van der Waals surface area contributed by atoms with Crippen LogP contribution in [0.3, 0.4) is 0 Å². The molecule has 0 bridgehead atoms.